The summed E-state index contributed by atoms with van der Waals surface area (Å²) in [6.45, 7) is 6.91. The quantitative estimate of drug-likeness (QED) is 0.817. The highest BCUT2D eigenvalue weighted by atomic mass is 32.1. The van der Waals surface area contributed by atoms with Crippen LogP contribution in [-0.2, 0) is 16.0 Å². The Balaban J connectivity index is 1.83. The average molecular weight is 309 g/mol. The lowest BCUT2D eigenvalue weighted by Crippen LogP contribution is -2.47. The summed E-state index contributed by atoms with van der Waals surface area (Å²) in [5.74, 6) is -0.898. The topological polar surface area (TPSA) is 61.4 Å². The van der Waals surface area contributed by atoms with Gasteiger partial charge in [0, 0.05) is 41.9 Å². The first kappa shape index (κ1) is 16.0. The second-order valence-electron chi connectivity index (χ2n) is 5.49. The smallest absolute Gasteiger partial charge is 0.311 e. The summed E-state index contributed by atoms with van der Waals surface area (Å²) in [6.07, 6.45) is 1.65. The van der Waals surface area contributed by atoms with Crippen molar-refractivity contribution in [2.75, 3.05) is 26.2 Å². The van der Waals surface area contributed by atoms with Gasteiger partial charge in [-0.05, 0) is 38.9 Å². The van der Waals surface area contributed by atoms with Gasteiger partial charge in [-0.3, -0.25) is 9.59 Å². The molecule has 1 atom stereocenters. The summed E-state index contributed by atoms with van der Waals surface area (Å²) in [7, 11) is 0. The summed E-state index contributed by atoms with van der Waals surface area (Å²) >= 11 is 1.73. The molecule has 21 heavy (non-hydrogen) atoms. The Hall–Kier alpha value is -1.40. The van der Waals surface area contributed by atoms with E-state index in [0.29, 0.717) is 13.1 Å². The third kappa shape index (κ3) is 4.82. The first-order valence-corrected chi connectivity index (χ1v) is 8.23. The van der Waals surface area contributed by atoms with Gasteiger partial charge in [0.25, 0.3) is 0 Å². The molecule has 1 aromatic heterocycles. The van der Waals surface area contributed by atoms with Gasteiger partial charge in [0.2, 0.25) is 0 Å². The van der Waals surface area contributed by atoms with E-state index < -0.39 is 11.8 Å². The van der Waals surface area contributed by atoms with Crippen LogP contribution in [0.3, 0.4) is 0 Å². The number of carbonyl (C=O) groups is 2. The summed E-state index contributed by atoms with van der Waals surface area (Å²) in [6, 6.07) is 4.11. The lowest BCUT2D eigenvalue weighted by Gasteiger charge is -2.20. The molecule has 2 heterocycles. The van der Waals surface area contributed by atoms with Gasteiger partial charge >= 0.3 is 11.8 Å². The zero-order valence-electron chi connectivity index (χ0n) is 12.6. The van der Waals surface area contributed by atoms with Crippen molar-refractivity contribution in [3.63, 3.8) is 0 Å². The molecule has 2 rings (SSSR count). The normalized spacial score (nSPS) is 17.1. The zero-order chi connectivity index (χ0) is 15.2. The Morgan fingerprint density at radius 3 is 2.90 bits per heavy atom. The van der Waals surface area contributed by atoms with Gasteiger partial charge in [0.1, 0.15) is 0 Å². The van der Waals surface area contributed by atoms with Gasteiger partial charge in [-0.15, -0.1) is 11.3 Å². The molecule has 0 aliphatic carbocycles. The second-order valence-corrected chi connectivity index (χ2v) is 6.86. The highest BCUT2D eigenvalue weighted by Gasteiger charge is 2.23. The summed E-state index contributed by atoms with van der Waals surface area (Å²) in [5, 5.41) is 6.03. The number of aryl methyl sites for hydroxylation is 1. The molecule has 5 nitrogen and oxygen atoms in total. The molecule has 2 amide bonds. The number of amides is 2. The predicted octanol–water partition coefficient (Wildman–Crippen LogP) is 0.926. The van der Waals surface area contributed by atoms with E-state index in [4.69, 9.17) is 0 Å². The van der Waals surface area contributed by atoms with Crippen molar-refractivity contribution in [1.29, 1.82) is 0 Å². The van der Waals surface area contributed by atoms with Gasteiger partial charge in [0.05, 0.1) is 0 Å². The molecule has 1 fully saturated rings. The molecule has 2 N–H and O–H groups in total. The maximum Gasteiger partial charge on any atom is 0.311 e. The monoisotopic (exact) mass is 309 g/mol. The minimum Gasteiger partial charge on any atom is -0.345 e. The fourth-order valence-corrected chi connectivity index (χ4v) is 3.44. The first-order valence-electron chi connectivity index (χ1n) is 7.42. The minimum atomic E-state index is -0.488. The maximum absolute atomic E-state index is 12.1. The Labute approximate surface area is 129 Å². The van der Waals surface area contributed by atoms with E-state index in [1.807, 2.05) is 6.92 Å². The number of hydrogen-bond acceptors (Lipinski definition) is 4. The van der Waals surface area contributed by atoms with Crippen molar-refractivity contribution in [2.24, 2.45) is 0 Å². The van der Waals surface area contributed by atoms with Crippen molar-refractivity contribution in [1.82, 2.24) is 15.5 Å². The lowest BCUT2D eigenvalue weighted by molar-refractivity contribution is -0.146. The Bertz CT molecular complexity index is 493. The van der Waals surface area contributed by atoms with Crippen molar-refractivity contribution < 1.29 is 9.59 Å². The molecule has 116 valence electrons. The number of rotatable bonds is 3. The Kier molecular flexibility index (Phi) is 5.76. The van der Waals surface area contributed by atoms with E-state index in [-0.39, 0.29) is 6.04 Å². The van der Waals surface area contributed by atoms with Crippen LogP contribution in [-0.4, -0.2) is 48.9 Å². The summed E-state index contributed by atoms with van der Waals surface area (Å²) < 4.78 is 0. The molecule has 1 saturated heterocycles. The van der Waals surface area contributed by atoms with Gasteiger partial charge in [0.15, 0.2) is 0 Å². The van der Waals surface area contributed by atoms with E-state index in [1.54, 1.807) is 16.2 Å². The van der Waals surface area contributed by atoms with Crippen molar-refractivity contribution in [3.05, 3.63) is 21.9 Å². The van der Waals surface area contributed by atoms with Crippen LogP contribution in [0.1, 0.15) is 23.1 Å². The van der Waals surface area contributed by atoms with Crippen LogP contribution in [0.4, 0.5) is 0 Å². The molecule has 1 unspecified atom stereocenters. The number of nitrogens with zero attached hydrogens (tertiary/aromatic N) is 1. The number of thiophene rings is 1. The predicted molar refractivity (Wildman–Crippen MR) is 84.4 cm³/mol. The third-order valence-corrected chi connectivity index (χ3v) is 4.53. The van der Waals surface area contributed by atoms with Crippen LogP contribution in [0, 0.1) is 6.92 Å². The molecule has 6 heteroatoms. The van der Waals surface area contributed by atoms with Crippen LogP contribution in [0.15, 0.2) is 12.1 Å². The van der Waals surface area contributed by atoms with Crippen LogP contribution in [0.25, 0.3) is 0 Å². The molecule has 1 aromatic rings. The van der Waals surface area contributed by atoms with E-state index in [0.717, 1.165) is 25.9 Å². The molecular weight excluding hydrogens is 286 g/mol. The van der Waals surface area contributed by atoms with E-state index in [9.17, 15) is 9.59 Å². The average Bonchev–Trinajstić information content (AvgIpc) is 2.69. The molecule has 1 aliphatic heterocycles. The van der Waals surface area contributed by atoms with E-state index in [2.05, 4.69) is 29.7 Å². The fraction of sp³-hybridized carbons (Fsp3) is 0.600. The van der Waals surface area contributed by atoms with Gasteiger partial charge in [-0.2, -0.15) is 0 Å². The summed E-state index contributed by atoms with van der Waals surface area (Å²) in [5.41, 5.74) is 0. The van der Waals surface area contributed by atoms with Gasteiger partial charge < -0.3 is 15.5 Å². The van der Waals surface area contributed by atoms with Crippen LogP contribution in [0.2, 0.25) is 0 Å². The third-order valence-electron chi connectivity index (χ3n) is 3.50. The largest absolute Gasteiger partial charge is 0.345 e. The number of nitrogens with one attached hydrogen (secondary N) is 2. The summed E-state index contributed by atoms with van der Waals surface area (Å²) in [4.78, 5) is 28.3. The Morgan fingerprint density at radius 2 is 2.19 bits per heavy atom. The molecule has 0 spiro atoms. The zero-order valence-corrected chi connectivity index (χ0v) is 13.5. The Morgan fingerprint density at radius 1 is 1.38 bits per heavy atom. The van der Waals surface area contributed by atoms with Crippen LogP contribution < -0.4 is 10.6 Å². The second kappa shape index (κ2) is 7.56. The van der Waals surface area contributed by atoms with Crippen molar-refractivity contribution in [2.45, 2.75) is 32.7 Å². The highest BCUT2D eigenvalue weighted by Crippen LogP contribution is 2.16. The molecule has 0 aromatic carbocycles. The SMILES string of the molecule is Cc1ccc(CC(C)NC(=O)C(=O)N2CCCNCC2)s1. The van der Waals surface area contributed by atoms with Crippen molar-refractivity contribution in [3.8, 4) is 0 Å². The fourth-order valence-electron chi connectivity index (χ4n) is 2.43. The molecule has 0 bridgehead atoms. The first-order chi connectivity index (χ1) is 10.1. The lowest BCUT2D eigenvalue weighted by atomic mass is 10.2. The molecule has 1 aliphatic rings. The molecule has 0 radical (unpaired) electrons. The number of carbonyl (C=O) groups excluding carboxylic acids is 2. The standard InChI is InChI=1S/C15H23N3O2S/c1-11(10-13-5-4-12(2)21-13)17-14(19)15(20)18-8-3-6-16-7-9-18/h4-5,11,16H,3,6-10H2,1-2H3,(H,17,19). The van der Waals surface area contributed by atoms with E-state index >= 15 is 0 Å². The van der Waals surface area contributed by atoms with Crippen LogP contribution in [0.5, 0.6) is 0 Å². The maximum atomic E-state index is 12.1. The van der Waals surface area contributed by atoms with Gasteiger partial charge in [-0.1, -0.05) is 0 Å². The van der Waals surface area contributed by atoms with Crippen molar-refractivity contribution >= 4 is 23.2 Å². The van der Waals surface area contributed by atoms with Crippen LogP contribution >= 0.6 is 11.3 Å². The van der Waals surface area contributed by atoms with Gasteiger partial charge in [-0.25, -0.2) is 0 Å². The molecule has 0 saturated carbocycles. The highest BCUT2D eigenvalue weighted by molar-refractivity contribution is 7.11. The molecular formula is C15H23N3O2S. The minimum absolute atomic E-state index is 0.0374. The number of hydrogen-bond donors (Lipinski definition) is 2. The van der Waals surface area contributed by atoms with E-state index in [1.165, 1.54) is 9.75 Å².